The number of piperazine rings is 2. The number of aromatic carboxylic acids is 1. The summed E-state index contributed by atoms with van der Waals surface area (Å²) in [5.41, 5.74) is 26.5. The number of aliphatic imine (C=N–C) groups is 4. The monoisotopic (exact) mass is 918 g/mol. The molecule has 0 aliphatic carbocycles. The first-order valence-electron chi connectivity index (χ1n) is 21.3. The van der Waals surface area contributed by atoms with E-state index < -0.39 is 17.2 Å². The first kappa shape index (κ1) is 44.6. The second-order valence-electron chi connectivity index (χ2n) is 16.0. The van der Waals surface area contributed by atoms with Gasteiger partial charge in [-0.05, 0) is 31.9 Å². The molecular weight excluding hydrogens is 867 g/mol. The van der Waals surface area contributed by atoms with Crippen LogP contribution in [0.3, 0.4) is 0 Å². The van der Waals surface area contributed by atoms with Crippen molar-refractivity contribution in [1.82, 2.24) is 18.9 Å². The van der Waals surface area contributed by atoms with Crippen molar-refractivity contribution in [3.05, 3.63) is 67.7 Å². The summed E-state index contributed by atoms with van der Waals surface area (Å²) >= 11 is 3.05. The average Bonchev–Trinajstić information content (AvgIpc) is 3.27. The minimum Gasteiger partial charge on any atom is -0.477 e. The molecule has 4 aliphatic rings. The quantitative estimate of drug-likeness (QED) is 0.0873. The highest BCUT2D eigenvalue weighted by Crippen LogP contribution is 2.43. The number of pyridine rings is 2. The number of aromatic nitrogens is 2. The predicted octanol–water partition coefficient (Wildman–Crippen LogP) is 2.58. The average molecular weight is 919 g/mol. The van der Waals surface area contributed by atoms with Gasteiger partial charge in [0.25, 0.3) is 0 Å². The number of carboxylic acids is 1. The number of nitrogens with zero attached hydrogens (tertiary/aromatic N) is 10. The molecule has 4 aliphatic heterocycles. The fourth-order valence-electron chi connectivity index (χ4n) is 8.71. The third kappa shape index (κ3) is 9.01. The van der Waals surface area contributed by atoms with Gasteiger partial charge in [0.2, 0.25) is 17.3 Å². The maximum Gasteiger partial charge on any atom is 0.341 e. The number of anilines is 2. The summed E-state index contributed by atoms with van der Waals surface area (Å²) in [6.45, 7) is 7.91. The molecule has 2 saturated heterocycles. The van der Waals surface area contributed by atoms with Gasteiger partial charge < -0.3 is 56.8 Å². The molecule has 0 spiro atoms. The number of halogens is 2. The van der Waals surface area contributed by atoms with E-state index in [1.807, 2.05) is 25.8 Å². The van der Waals surface area contributed by atoms with Crippen molar-refractivity contribution < 1.29 is 18.7 Å². The Balaban J connectivity index is 0.756. The summed E-state index contributed by atoms with van der Waals surface area (Å²) in [4.78, 5) is 63.9. The summed E-state index contributed by atoms with van der Waals surface area (Å²) < 4.78 is 35.1. The molecule has 6 heterocycles. The molecule has 0 saturated carbocycles. The van der Waals surface area contributed by atoms with Crippen molar-refractivity contribution in [3.63, 3.8) is 0 Å². The highest BCUT2D eigenvalue weighted by molar-refractivity contribution is 8.00. The van der Waals surface area contributed by atoms with E-state index >= 15 is 8.78 Å². The molecule has 64 heavy (non-hydrogen) atoms. The molecule has 9 N–H and O–H groups in total. The van der Waals surface area contributed by atoms with Crippen molar-refractivity contribution in [1.29, 1.82) is 0 Å². The van der Waals surface area contributed by atoms with E-state index in [1.54, 1.807) is 23.3 Å². The molecule has 340 valence electrons. The van der Waals surface area contributed by atoms with Gasteiger partial charge in [-0.1, -0.05) is 12.8 Å². The molecule has 22 heteroatoms. The van der Waals surface area contributed by atoms with Crippen LogP contribution in [0.4, 0.5) is 20.2 Å². The Morgan fingerprint density at radius 3 is 1.55 bits per heavy atom. The molecular formula is C42H52F2N14O4S2. The van der Waals surface area contributed by atoms with E-state index in [1.165, 1.54) is 24.0 Å². The largest absolute Gasteiger partial charge is 0.477 e. The van der Waals surface area contributed by atoms with E-state index in [0.717, 1.165) is 54.5 Å². The summed E-state index contributed by atoms with van der Waals surface area (Å²) in [7, 11) is 0. The number of benzene rings is 2. The summed E-state index contributed by atoms with van der Waals surface area (Å²) in [6, 6.07) is 2.54. The second kappa shape index (κ2) is 19.0. The van der Waals surface area contributed by atoms with E-state index in [4.69, 9.17) is 22.9 Å². The van der Waals surface area contributed by atoms with Gasteiger partial charge in [0.15, 0.2) is 17.3 Å². The standard InChI is InChI=1S/C42H52F2N14O4S2/c1-24-22-57-16-18-63-36-30(57)25(34(24)59)20-28(43)32(36)53-8-12-55(13-9-53)41(47)51-39(45)49-6-4-2-3-5-7-50-40(46)52-42(48)56-14-10-54(11-15-56)33-29(44)21-26-31-37(33)64-19-17-58(31)23-27(35(26)60)38(61)62/h20-23H,2-19H2,1H3,(H,61,62)(H4,45,47,49,51)(H4,46,48,50,52). The Morgan fingerprint density at radius 1 is 0.656 bits per heavy atom. The van der Waals surface area contributed by atoms with Crippen LogP contribution in [0.1, 0.15) is 41.6 Å². The number of thioether (sulfide) groups is 2. The van der Waals surface area contributed by atoms with Gasteiger partial charge in [-0.3, -0.25) is 19.6 Å². The van der Waals surface area contributed by atoms with Crippen molar-refractivity contribution in [2.75, 3.05) is 86.8 Å². The fraction of sp³-hybridized carbons (Fsp3) is 0.452. The number of rotatable bonds is 10. The number of hydrogen-bond acceptors (Lipinski definition) is 9. The molecule has 4 aromatic rings. The molecule has 2 aromatic heterocycles. The Labute approximate surface area is 375 Å². The highest BCUT2D eigenvalue weighted by atomic mass is 32.2. The molecule has 18 nitrogen and oxygen atoms in total. The lowest BCUT2D eigenvalue weighted by atomic mass is 10.1. The topological polar surface area (TPSA) is 248 Å². The van der Waals surface area contributed by atoms with Crippen LogP contribution in [0.5, 0.6) is 0 Å². The number of nitrogens with two attached hydrogens (primary N) is 4. The van der Waals surface area contributed by atoms with Gasteiger partial charge in [-0.2, -0.15) is 9.98 Å². The van der Waals surface area contributed by atoms with Crippen LogP contribution < -0.4 is 43.6 Å². The van der Waals surface area contributed by atoms with E-state index in [2.05, 4.69) is 24.5 Å². The first-order chi connectivity index (χ1) is 30.8. The predicted molar refractivity (Wildman–Crippen MR) is 252 cm³/mol. The molecule has 0 bridgehead atoms. The normalized spacial score (nSPS) is 17.5. The smallest absolute Gasteiger partial charge is 0.341 e. The third-order valence-corrected chi connectivity index (χ3v) is 14.1. The minimum absolute atomic E-state index is 0.0663. The molecule has 2 fully saturated rings. The molecule has 0 unspecified atom stereocenters. The Bertz CT molecular complexity index is 2740. The van der Waals surface area contributed by atoms with Gasteiger partial charge in [-0.25, -0.2) is 13.6 Å². The molecule has 0 amide bonds. The summed E-state index contributed by atoms with van der Waals surface area (Å²) in [5, 5.41) is 10.0. The zero-order chi connectivity index (χ0) is 45.2. The maximum absolute atomic E-state index is 15.7. The van der Waals surface area contributed by atoms with Gasteiger partial charge in [-0.15, -0.1) is 23.5 Å². The number of carboxylic acid groups (broad SMARTS) is 1. The number of unbranched alkanes of at least 4 members (excludes halogenated alkanes) is 3. The molecule has 0 atom stereocenters. The van der Waals surface area contributed by atoms with Crippen molar-refractivity contribution in [2.45, 2.75) is 55.5 Å². The molecule has 8 rings (SSSR count). The minimum atomic E-state index is -1.34. The van der Waals surface area contributed by atoms with Crippen molar-refractivity contribution >= 4 is 86.5 Å². The van der Waals surface area contributed by atoms with E-state index in [0.29, 0.717) is 110 Å². The SMILES string of the molecule is Cc1cn2c3c(c(N4CCN(/C(N)=N/C(N)=NCCCCCCN=C(N)/N=C(\N)N5CCN(c6c(F)cc7c(=O)c(C(=O)O)cn8c7c6SCC8)CC5)CC4)c(F)cc3c1=O)SCC2. The van der Waals surface area contributed by atoms with Crippen LogP contribution in [0.2, 0.25) is 0 Å². The number of carbonyl (C=O) groups is 1. The number of aryl methyl sites for hydroxylation is 3. The zero-order valence-electron chi connectivity index (χ0n) is 35.6. The Morgan fingerprint density at radius 2 is 1.09 bits per heavy atom. The fourth-order valence-corrected chi connectivity index (χ4v) is 11.2. The van der Waals surface area contributed by atoms with Crippen LogP contribution in [0.25, 0.3) is 21.8 Å². The zero-order valence-corrected chi connectivity index (χ0v) is 37.2. The van der Waals surface area contributed by atoms with Crippen molar-refractivity contribution in [3.8, 4) is 0 Å². The first-order valence-corrected chi connectivity index (χ1v) is 23.3. The lowest BCUT2D eigenvalue weighted by Gasteiger charge is -2.38. The van der Waals surface area contributed by atoms with Crippen LogP contribution in [0, 0.1) is 18.6 Å². The van der Waals surface area contributed by atoms with Crippen LogP contribution >= 0.6 is 23.5 Å². The van der Waals surface area contributed by atoms with Crippen LogP contribution in [0.15, 0.2) is 63.9 Å². The van der Waals surface area contributed by atoms with Crippen LogP contribution in [-0.2, 0) is 13.1 Å². The van der Waals surface area contributed by atoms with Gasteiger partial charge in [0.05, 0.1) is 43.0 Å². The molecule has 2 aromatic carbocycles. The van der Waals surface area contributed by atoms with Gasteiger partial charge in [0.1, 0.15) is 17.2 Å². The molecule has 0 radical (unpaired) electrons. The number of guanidine groups is 4. The van der Waals surface area contributed by atoms with Crippen LogP contribution in [-0.4, -0.2) is 131 Å². The Kier molecular flexibility index (Phi) is 13.2. The Hall–Kier alpha value is -6.03. The van der Waals surface area contributed by atoms with E-state index in [9.17, 15) is 19.5 Å². The van der Waals surface area contributed by atoms with Gasteiger partial charge in [0, 0.05) is 108 Å². The lowest BCUT2D eigenvalue weighted by Crippen LogP contribution is -2.52. The second-order valence-corrected chi connectivity index (χ2v) is 18.3. The van der Waals surface area contributed by atoms with E-state index in [-0.39, 0.29) is 46.0 Å². The van der Waals surface area contributed by atoms with Crippen molar-refractivity contribution in [2.24, 2.45) is 42.9 Å². The lowest BCUT2D eigenvalue weighted by molar-refractivity contribution is 0.0694. The highest BCUT2D eigenvalue weighted by Gasteiger charge is 2.31. The summed E-state index contributed by atoms with van der Waals surface area (Å²) in [6.07, 6.45) is 6.59. The number of hydrogen-bond donors (Lipinski definition) is 5. The van der Waals surface area contributed by atoms with Gasteiger partial charge >= 0.3 is 5.97 Å². The summed E-state index contributed by atoms with van der Waals surface area (Å²) in [5.74, 6) is -0.220. The maximum atomic E-state index is 15.7. The third-order valence-electron chi connectivity index (χ3n) is 12.0.